The first-order valence-corrected chi connectivity index (χ1v) is 9.15. The number of non-ortho nitro benzene ring substituents is 1. The molecule has 0 amide bonds. The molecule has 7 heteroatoms. The molecule has 1 N–H and O–H groups in total. The molecule has 0 aromatic heterocycles. The van der Waals surface area contributed by atoms with Crippen molar-refractivity contribution in [2.45, 2.75) is 45.4 Å². The summed E-state index contributed by atoms with van der Waals surface area (Å²) in [6, 6.07) is 6.04. The number of nitro benzene ring substituents is 1. The number of esters is 1. The van der Waals surface area contributed by atoms with Crippen LogP contribution in [-0.4, -0.2) is 23.3 Å². The van der Waals surface area contributed by atoms with Crippen LogP contribution in [0.25, 0.3) is 0 Å². The minimum atomic E-state index is -0.566. The fourth-order valence-corrected chi connectivity index (χ4v) is 3.75. The zero-order chi connectivity index (χ0) is 19.6. The van der Waals surface area contributed by atoms with E-state index in [4.69, 9.17) is 4.74 Å². The van der Waals surface area contributed by atoms with Gasteiger partial charge in [-0.1, -0.05) is 19.1 Å². The SMILES string of the molecule is CCOC(=O)C1=C(CC)NC2=C(C(=O)CCC2)[C@@H]1c1ccc([N+](=O)[O-])cc1. The van der Waals surface area contributed by atoms with Gasteiger partial charge >= 0.3 is 5.97 Å². The van der Waals surface area contributed by atoms with Crippen molar-refractivity contribution in [1.29, 1.82) is 0 Å². The second-order valence-corrected chi connectivity index (χ2v) is 6.54. The van der Waals surface area contributed by atoms with Gasteiger partial charge in [0.2, 0.25) is 0 Å². The van der Waals surface area contributed by atoms with E-state index in [2.05, 4.69) is 5.32 Å². The van der Waals surface area contributed by atoms with Crippen LogP contribution in [0.15, 0.2) is 46.8 Å². The predicted octanol–water partition coefficient (Wildman–Crippen LogP) is 3.52. The van der Waals surface area contributed by atoms with Gasteiger partial charge in [-0.2, -0.15) is 0 Å². The van der Waals surface area contributed by atoms with Crippen LogP contribution in [0.5, 0.6) is 0 Å². The van der Waals surface area contributed by atoms with E-state index in [1.165, 1.54) is 12.1 Å². The lowest BCUT2D eigenvalue weighted by Gasteiger charge is -2.34. The highest BCUT2D eigenvalue weighted by Crippen LogP contribution is 2.43. The van der Waals surface area contributed by atoms with Crippen molar-refractivity contribution in [2.75, 3.05) is 6.61 Å². The van der Waals surface area contributed by atoms with Gasteiger partial charge in [-0.05, 0) is 31.7 Å². The third-order valence-corrected chi connectivity index (χ3v) is 4.95. The summed E-state index contributed by atoms with van der Waals surface area (Å²) >= 11 is 0. The lowest BCUT2D eigenvalue weighted by Crippen LogP contribution is -2.35. The van der Waals surface area contributed by atoms with Crippen molar-refractivity contribution >= 4 is 17.4 Å². The van der Waals surface area contributed by atoms with Crippen molar-refractivity contribution in [3.8, 4) is 0 Å². The maximum Gasteiger partial charge on any atom is 0.336 e. The molecule has 0 fully saturated rings. The number of ketones is 1. The number of benzene rings is 1. The molecule has 1 aliphatic heterocycles. The molecule has 0 bridgehead atoms. The normalized spacial score (nSPS) is 19.5. The minimum Gasteiger partial charge on any atom is -0.463 e. The Bertz CT molecular complexity index is 852. The molecule has 1 atom stereocenters. The monoisotopic (exact) mass is 370 g/mol. The van der Waals surface area contributed by atoms with E-state index in [0.29, 0.717) is 29.6 Å². The molecule has 27 heavy (non-hydrogen) atoms. The van der Waals surface area contributed by atoms with E-state index < -0.39 is 16.8 Å². The maximum atomic E-state index is 12.7. The van der Waals surface area contributed by atoms with Gasteiger partial charge in [0.1, 0.15) is 0 Å². The average molecular weight is 370 g/mol. The lowest BCUT2D eigenvalue weighted by molar-refractivity contribution is -0.384. The third kappa shape index (κ3) is 3.49. The van der Waals surface area contributed by atoms with Gasteiger partial charge in [0.15, 0.2) is 5.78 Å². The fourth-order valence-electron chi connectivity index (χ4n) is 3.75. The Balaban J connectivity index is 2.16. The maximum absolute atomic E-state index is 12.7. The van der Waals surface area contributed by atoms with E-state index in [0.717, 1.165) is 24.2 Å². The number of rotatable bonds is 5. The summed E-state index contributed by atoms with van der Waals surface area (Å²) in [5.41, 5.74) is 3.23. The van der Waals surface area contributed by atoms with Crippen molar-refractivity contribution in [3.63, 3.8) is 0 Å². The molecule has 3 rings (SSSR count). The highest BCUT2D eigenvalue weighted by atomic mass is 16.6. The molecule has 7 nitrogen and oxygen atoms in total. The van der Waals surface area contributed by atoms with Crippen LogP contribution in [0.4, 0.5) is 5.69 Å². The predicted molar refractivity (Wildman–Crippen MR) is 98.8 cm³/mol. The second kappa shape index (κ2) is 7.73. The molecular formula is C20H22N2O5. The molecule has 1 aromatic rings. The Kier molecular flexibility index (Phi) is 5.39. The molecule has 1 aromatic carbocycles. The number of allylic oxidation sites excluding steroid dienone is 3. The number of nitrogens with one attached hydrogen (secondary N) is 1. The molecule has 0 unspecified atom stereocenters. The van der Waals surface area contributed by atoms with Crippen LogP contribution in [-0.2, 0) is 14.3 Å². The topological polar surface area (TPSA) is 98.5 Å². The first kappa shape index (κ1) is 18.8. The number of nitrogens with zero attached hydrogens (tertiary/aromatic N) is 1. The Morgan fingerprint density at radius 3 is 2.56 bits per heavy atom. The molecule has 1 aliphatic carbocycles. The molecule has 1 heterocycles. The number of carbonyl (C=O) groups is 2. The van der Waals surface area contributed by atoms with Gasteiger partial charge in [-0.3, -0.25) is 14.9 Å². The first-order valence-electron chi connectivity index (χ1n) is 9.15. The van der Waals surface area contributed by atoms with Gasteiger partial charge in [0.25, 0.3) is 5.69 Å². The van der Waals surface area contributed by atoms with Crippen molar-refractivity contribution in [2.24, 2.45) is 0 Å². The number of carbonyl (C=O) groups excluding carboxylic acids is 2. The first-order chi connectivity index (χ1) is 13.0. The Morgan fingerprint density at radius 1 is 1.26 bits per heavy atom. The van der Waals surface area contributed by atoms with Crippen LogP contribution in [0.2, 0.25) is 0 Å². The molecule has 0 saturated carbocycles. The van der Waals surface area contributed by atoms with E-state index in [1.54, 1.807) is 19.1 Å². The van der Waals surface area contributed by atoms with Gasteiger partial charge in [-0.25, -0.2) is 4.79 Å². The van der Waals surface area contributed by atoms with Crippen LogP contribution in [0, 0.1) is 10.1 Å². The van der Waals surface area contributed by atoms with Gasteiger partial charge in [0.05, 0.1) is 17.1 Å². The van der Waals surface area contributed by atoms with E-state index in [9.17, 15) is 19.7 Å². The number of Topliss-reactive ketones (excluding diaryl/α,β-unsaturated/α-hetero) is 1. The highest BCUT2D eigenvalue weighted by Gasteiger charge is 2.39. The molecule has 0 spiro atoms. The van der Waals surface area contributed by atoms with Crippen molar-refractivity contribution in [1.82, 2.24) is 5.32 Å². The molecule has 2 aliphatic rings. The number of hydrogen-bond donors (Lipinski definition) is 1. The minimum absolute atomic E-state index is 0.00375. The molecular weight excluding hydrogens is 348 g/mol. The largest absolute Gasteiger partial charge is 0.463 e. The quantitative estimate of drug-likeness (QED) is 0.484. The summed E-state index contributed by atoms with van der Waals surface area (Å²) in [4.78, 5) is 36.0. The van der Waals surface area contributed by atoms with Crippen LogP contribution in [0.1, 0.15) is 51.0 Å². The zero-order valence-corrected chi connectivity index (χ0v) is 15.4. The third-order valence-electron chi connectivity index (χ3n) is 4.95. The average Bonchev–Trinajstić information content (AvgIpc) is 2.67. The number of nitro groups is 1. The van der Waals surface area contributed by atoms with Gasteiger partial charge in [-0.15, -0.1) is 0 Å². The van der Waals surface area contributed by atoms with Gasteiger partial charge < -0.3 is 10.1 Å². The van der Waals surface area contributed by atoms with Crippen LogP contribution in [0.3, 0.4) is 0 Å². The van der Waals surface area contributed by atoms with E-state index >= 15 is 0 Å². The lowest BCUT2D eigenvalue weighted by atomic mass is 9.75. The van der Waals surface area contributed by atoms with E-state index in [1.807, 2.05) is 6.92 Å². The van der Waals surface area contributed by atoms with Crippen LogP contribution < -0.4 is 5.32 Å². The Labute approximate surface area is 157 Å². The Hall–Kier alpha value is -2.96. The number of ether oxygens (including phenoxy) is 1. The van der Waals surface area contributed by atoms with Gasteiger partial charge in [0, 0.05) is 41.4 Å². The summed E-state index contributed by atoms with van der Waals surface area (Å²) in [5.74, 6) is -1.02. The molecule has 0 saturated heterocycles. The smallest absolute Gasteiger partial charge is 0.336 e. The van der Waals surface area contributed by atoms with Crippen molar-refractivity contribution < 1.29 is 19.2 Å². The fraction of sp³-hybridized carbons (Fsp3) is 0.400. The number of dihydropyridines is 1. The summed E-state index contributed by atoms with van der Waals surface area (Å²) in [6.07, 6.45) is 2.53. The van der Waals surface area contributed by atoms with E-state index in [-0.39, 0.29) is 18.1 Å². The molecule has 142 valence electrons. The summed E-state index contributed by atoms with van der Waals surface area (Å²) < 4.78 is 5.26. The van der Waals surface area contributed by atoms with Crippen molar-refractivity contribution in [3.05, 3.63) is 62.5 Å². The second-order valence-electron chi connectivity index (χ2n) is 6.54. The highest BCUT2D eigenvalue weighted by molar-refractivity contribution is 6.03. The van der Waals surface area contributed by atoms with Crippen LogP contribution >= 0.6 is 0 Å². The summed E-state index contributed by atoms with van der Waals surface area (Å²) in [7, 11) is 0. The standard InChI is InChI=1S/C20H22N2O5/c1-3-14-19(20(24)27-4-2)17(12-8-10-13(11-9-12)22(25)26)18-15(21-14)6-5-7-16(18)23/h8-11,17,21H,3-7H2,1-2H3/t17-/m0/s1. The zero-order valence-electron chi connectivity index (χ0n) is 15.4. The summed E-state index contributed by atoms with van der Waals surface area (Å²) in [5, 5.41) is 14.3. The Morgan fingerprint density at radius 2 is 1.96 bits per heavy atom. The number of hydrogen-bond acceptors (Lipinski definition) is 6. The molecule has 0 radical (unpaired) electrons. The summed E-state index contributed by atoms with van der Waals surface area (Å²) in [6.45, 7) is 3.90.